The number of piperazine rings is 1. The normalized spacial score (nSPS) is 15.2. The Labute approximate surface area is 150 Å². The maximum absolute atomic E-state index is 12.1. The van der Waals surface area contributed by atoms with Gasteiger partial charge in [0.1, 0.15) is 5.60 Å². The molecule has 6 heteroatoms. The predicted molar refractivity (Wildman–Crippen MR) is 101 cm³/mol. The van der Waals surface area contributed by atoms with Gasteiger partial charge in [0, 0.05) is 31.9 Å². The van der Waals surface area contributed by atoms with Crippen LogP contribution in [0, 0.1) is 0 Å². The van der Waals surface area contributed by atoms with Gasteiger partial charge in [0.2, 0.25) is 0 Å². The number of nitrogens with one attached hydrogen (secondary N) is 1. The summed E-state index contributed by atoms with van der Waals surface area (Å²) in [6.07, 6.45) is 0.744. The smallest absolute Gasteiger partial charge is 0.410 e. The maximum Gasteiger partial charge on any atom is 0.410 e. The molecule has 1 N–H and O–H groups in total. The molecule has 0 aromatic heterocycles. The first-order valence-corrected chi connectivity index (χ1v) is 8.82. The van der Waals surface area contributed by atoms with E-state index in [1.807, 2.05) is 32.9 Å². The Balaban J connectivity index is 1.85. The molecule has 1 aliphatic rings. The summed E-state index contributed by atoms with van der Waals surface area (Å²) in [5, 5.41) is 3.99. The van der Waals surface area contributed by atoms with E-state index in [1.54, 1.807) is 4.90 Å². The van der Waals surface area contributed by atoms with Crippen LogP contribution in [0.4, 0.5) is 10.5 Å². The van der Waals surface area contributed by atoms with E-state index in [-0.39, 0.29) is 6.09 Å². The van der Waals surface area contributed by atoms with E-state index in [1.165, 1.54) is 5.56 Å². The fourth-order valence-electron chi connectivity index (χ4n) is 2.49. The highest BCUT2D eigenvalue weighted by molar-refractivity contribution is 7.80. The van der Waals surface area contributed by atoms with Crippen molar-refractivity contribution in [1.29, 1.82) is 0 Å². The highest BCUT2D eigenvalue weighted by atomic mass is 32.1. The topological polar surface area (TPSA) is 44.8 Å². The number of ether oxygens (including phenoxy) is 1. The number of carbonyl (C=O) groups excluding carboxylic acids is 1. The van der Waals surface area contributed by atoms with Crippen LogP contribution in [0.25, 0.3) is 0 Å². The van der Waals surface area contributed by atoms with Crippen molar-refractivity contribution < 1.29 is 9.53 Å². The number of nitrogens with zero attached hydrogens (tertiary/aromatic N) is 2. The third-order valence-electron chi connectivity index (χ3n) is 3.81. The van der Waals surface area contributed by atoms with Gasteiger partial charge in [-0.05, 0) is 57.1 Å². The second-order valence-corrected chi connectivity index (χ2v) is 7.33. The standard InChI is InChI=1S/C18H27N3O2S/c1-5-14-7-6-8-15(13-14)19-16(24)20-9-11-21(12-10-20)17(22)23-18(2,3)4/h6-8,13H,5,9-12H2,1-4H3,(H,19,24). The van der Waals surface area contributed by atoms with Crippen molar-refractivity contribution in [2.75, 3.05) is 31.5 Å². The number of thiocarbonyl (C=S) groups is 1. The molecular weight excluding hydrogens is 322 g/mol. The Morgan fingerprint density at radius 3 is 2.42 bits per heavy atom. The fourth-order valence-corrected chi connectivity index (χ4v) is 2.79. The minimum Gasteiger partial charge on any atom is -0.444 e. The number of rotatable bonds is 2. The molecule has 1 aromatic carbocycles. The predicted octanol–water partition coefficient (Wildman–Crippen LogP) is 3.50. The molecule has 132 valence electrons. The molecule has 0 bridgehead atoms. The minimum atomic E-state index is -0.463. The molecule has 2 rings (SSSR count). The van der Waals surface area contributed by atoms with E-state index in [4.69, 9.17) is 17.0 Å². The molecule has 0 aliphatic carbocycles. The Morgan fingerprint density at radius 2 is 1.83 bits per heavy atom. The maximum atomic E-state index is 12.1. The van der Waals surface area contributed by atoms with Gasteiger partial charge in [-0.25, -0.2) is 4.79 Å². The fraction of sp³-hybridized carbons (Fsp3) is 0.556. The zero-order chi connectivity index (χ0) is 17.7. The Hall–Kier alpha value is -1.82. The van der Waals surface area contributed by atoms with E-state index in [0.29, 0.717) is 31.3 Å². The summed E-state index contributed by atoms with van der Waals surface area (Å²) in [4.78, 5) is 15.9. The first-order valence-electron chi connectivity index (χ1n) is 8.41. The molecule has 24 heavy (non-hydrogen) atoms. The second kappa shape index (κ2) is 7.83. The van der Waals surface area contributed by atoms with E-state index in [9.17, 15) is 4.79 Å². The van der Waals surface area contributed by atoms with Gasteiger partial charge in [0.15, 0.2) is 5.11 Å². The van der Waals surface area contributed by atoms with Crippen molar-refractivity contribution in [3.05, 3.63) is 29.8 Å². The van der Waals surface area contributed by atoms with Crippen LogP contribution >= 0.6 is 12.2 Å². The van der Waals surface area contributed by atoms with Crippen LogP contribution in [0.5, 0.6) is 0 Å². The summed E-state index contributed by atoms with van der Waals surface area (Å²) in [6, 6.07) is 8.27. The molecule has 0 unspecified atom stereocenters. The lowest BCUT2D eigenvalue weighted by Gasteiger charge is -2.36. The summed E-state index contributed by atoms with van der Waals surface area (Å²) in [7, 11) is 0. The highest BCUT2D eigenvalue weighted by Gasteiger charge is 2.26. The number of benzene rings is 1. The van der Waals surface area contributed by atoms with Gasteiger partial charge in [0.25, 0.3) is 0 Å². The SMILES string of the molecule is CCc1cccc(NC(=S)N2CCN(C(=O)OC(C)(C)C)CC2)c1. The van der Waals surface area contributed by atoms with E-state index < -0.39 is 5.60 Å². The molecule has 5 nitrogen and oxygen atoms in total. The lowest BCUT2D eigenvalue weighted by atomic mass is 10.1. The number of anilines is 1. The molecule has 1 heterocycles. The highest BCUT2D eigenvalue weighted by Crippen LogP contribution is 2.14. The molecule has 1 fully saturated rings. The number of hydrogen-bond acceptors (Lipinski definition) is 3. The van der Waals surface area contributed by atoms with Crippen LogP contribution in [0.3, 0.4) is 0 Å². The second-order valence-electron chi connectivity index (χ2n) is 6.94. The summed E-state index contributed by atoms with van der Waals surface area (Å²) in [5.74, 6) is 0. The van der Waals surface area contributed by atoms with Crippen LogP contribution in [0.1, 0.15) is 33.3 Å². The molecule has 0 radical (unpaired) electrons. The molecule has 1 aromatic rings. The average molecular weight is 350 g/mol. The monoisotopic (exact) mass is 349 g/mol. The Bertz CT molecular complexity index is 590. The summed E-state index contributed by atoms with van der Waals surface area (Å²) in [6.45, 7) is 10.4. The van der Waals surface area contributed by atoms with Crippen molar-refractivity contribution >= 4 is 29.1 Å². The number of carbonyl (C=O) groups is 1. The van der Waals surface area contributed by atoms with E-state index >= 15 is 0 Å². The quantitative estimate of drug-likeness (QED) is 0.828. The van der Waals surface area contributed by atoms with Gasteiger partial charge < -0.3 is 19.9 Å². The molecule has 1 amide bonds. The first-order chi connectivity index (χ1) is 11.3. The average Bonchev–Trinajstić information content (AvgIpc) is 2.53. The summed E-state index contributed by atoms with van der Waals surface area (Å²) in [5.41, 5.74) is 1.82. The van der Waals surface area contributed by atoms with Crippen LogP contribution < -0.4 is 5.32 Å². The zero-order valence-corrected chi connectivity index (χ0v) is 15.8. The van der Waals surface area contributed by atoms with Gasteiger partial charge in [-0.3, -0.25) is 0 Å². The lowest BCUT2D eigenvalue weighted by Crippen LogP contribution is -2.52. The Kier molecular flexibility index (Phi) is 6.04. The molecular formula is C18H27N3O2S. The summed E-state index contributed by atoms with van der Waals surface area (Å²) < 4.78 is 5.41. The van der Waals surface area contributed by atoms with Gasteiger partial charge in [-0.2, -0.15) is 0 Å². The van der Waals surface area contributed by atoms with Crippen LogP contribution in [0.2, 0.25) is 0 Å². The van der Waals surface area contributed by atoms with Crippen molar-refractivity contribution in [3.8, 4) is 0 Å². The van der Waals surface area contributed by atoms with Gasteiger partial charge in [-0.1, -0.05) is 19.1 Å². The molecule has 1 aliphatic heterocycles. The van der Waals surface area contributed by atoms with Gasteiger partial charge in [0.05, 0.1) is 0 Å². The molecule has 0 atom stereocenters. The minimum absolute atomic E-state index is 0.253. The van der Waals surface area contributed by atoms with E-state index in [2.05, 4.69) is 29.3 Å². The third-order valence-corrected chi connectivity index (χ3v) is 4.17. The lowest BCUT2D eigenvalue weighted by molar-refractivity contribution is 0.0188. The van der Waals surface area contributed by atoms with E-state index in [0.717, 1.165) is 12.1 Å². The molecule has 0 spiro atoms. The number of hydrogen-bond donors (Lipinski definition) is 1. The van der Waals surface area contributed by atoms with Crippen molar-refractivity contribution in [2.24, 2.45) is 0 Å². The van der Waals surface area contributed by atoms with Crippen molar-refractivity contribution in [3.63, 3.8) is 0 Å². The molecule has 0 saturated carbocycles. The number of amides is 1. The zero-order valence-electron chi connectivity index (χ0n) is 15.0. The largest absolute Gasteiger partial charge is 0.444 e. The van der Waals surface area contributed by atoms with Crippen LogP contribution in [-0.2, 0) is 11.2 Å². The van der Waals surface area contributed by atoms with Crippen molar-refractivity contribution in [1.82, 2.24) is 9.80 Å². The first kappa shape index (κ1) is 18.5. The molecule has 1 saturated heterocycles. The van der Waals surface area contributed by atoms with Gasteiger partial charge in [-0.15, -0.1) is 0 Å². The number of aryl methyl sites for hydroxylation is 1. The van der Waals surface area contributed by atoms with Gasteiger partial charge >= 0.3 is 6.09 Å². The van der Waals surface area contributed by atoms with Crippen LogP contribution in [-0.4, -0.2) is 52.8 Å². The van der Waals surface area contributed by atoms with Crippen LogP contribution in [0.15, 0.2) is 24.3 Å². The van der Waals surface area contributed by atoms with Crippen molar-refractivity contribution in [2.45, 2.75) is 39.7 Å². The third kappa shape index (κ3) is 5.37. The summed E-state index contributed by atoms with van der Waals surface area (Å²) >= 11 is 5.51. The Morgan fingerprint density at radius 1 is 1.21 bits per heavy atom.